The standard InChI is InChI=1S/C29H33N5O/c1-35-22-10-17-30-28-25-15-8-9-16-26(25)31-29(32-28)34-20-18-33(19-21-34)27(23-11-4-2-5-12-23)24-13-6-3-7-14-24/h2-9,11-16,27H,10,17-22H2,1H3,(H,30,31,32). The predicted octanol–water partition coefficient (Wildman–Crippen LogP) is 4.99. The first-order chi connectivity index (χ1) is 17.3. The summed E-state index contributed by atoms with van der Waals surface area (Å²) in [6.07, 6.45) is 0.934. The number of piperazine rings is 1. The molecule has 1 aliphatic heterocycles. The molecular formula is C29H33N5O. The zero-order valence-electron chi connectivity index (χ0n) is 20.3. The van der Waals surface area contributed by atoms with E-state index in [1.807, 2.05) is 12.1 Å². The van der Waals surface area contributed by atoms with Gasteiger partial charge >= 0.3 is 0 Å². The molecule has 1 saturated heterocycles. The fraction of sp³-hybridized carbons (Fsp3) is 0.310. The maximum Gasteiger partial charge on any atom is 0.227 e. The summed E-state index contributed by atoms with van der Waals surface area (Å²) in [5, 5.41) is 4.56. The maximum absolute atomic E-state index is 5.19. The Morgan fingerprint density at radius 1 is 0.800 bits per heavy atom. The van der Waals surface area contributed by atoms with Crippen molar-refractivity contribution in [3.05, 3.63) is 96.1 Å². The van der Waals surface area contributed by atoms with Crippen LogP contribution in [0.3, 0.4) is 0 Å². The minimum absolute atomic E-state index is 0.245. The topological polar surface area (TPSA) is 53.5 Å². The van der Waals surface area contributed by atoms with Crippen molar-refractivity contribution in [1.82, 2.24) is 14.9 Å². The second-order valence-electron chi connectivity index (χ2n) is 8.91. The number of benzene rings is 3. The molecule has 1 fully saturated rings. The van der Waals surface area contributed by atoms with E-state index in [0.717, 1.165) is 68.4 Å². The van der Waals surface area contributed by atoms with Crippen LogP contribution in [0.15, 0.2) is 84.9 Å². The van der Waals surface area contributed by atoms with Crippen molar-refractivity contribution < 1.29 is 4.74 Å². The molecule has 2 heterocycles. The summed E-state index contributed by atoms with van der Waals surface area (Å²) in [7, 11) is 1.73. The Morgan fingerprint density at radius 2 is 1.43 bits per heavy atom. The first-order valence-corrected chi connectivity index (χ1v) is 12.4. The number of hydrogen-bond acceptors (Lipinski definition) is 6. The molecule has 0 aliphatic carbocycles. The molecule has 0 atom stereocenters. The molecule has 0 unspecified atom stereocenters. The number of ether oxygens (including phenoxy) is 1. The van der Waals surface area contributed by atoms with Crippen LogP contribution >= 0.6 is 0 Å². The molecule has 35 heavy (non-hydrogen) atoms. The highest BCUT2D eigenvalue weighted by atomic mass is 16.5. The average molecular weight is 468 g/mol. The van der Waals surface area contributed by atoms with Crippen molar-refractivity contribution in [2.75, 3.05) is 56.7 Å². The highest BCUT2D eigenvalue weighted by Crippen LogP contribution is 2.30. The lowest BCUT2D eigenvalue weighted by molar-refractivity contribution is 0.198. The molecule has 0 bridgehead atoms. The number of fused-ring (bicyclic) bond motifs is 1. The molecule has 3 aromatic carbocycles. The van der Waals surface area contributed by atoms with E-state index in [1.165, 1.54) is 11.1 Å². The number of rotatable bonds is 9. The minimum atomic E-state index is 0.245. The van der Waals surface area contributed by atoms with Crippen LogP contribution in [0.25, 0.3) is 10.9 Å². The van der Waals surface area contributed by atoms with Gasteiger partial charge < -0.3 is 15.0 Å². The zero-order valence-corrected chi connectivity index (χ0v) is 20.3. The molecule has 1 aromatic heterocycles. The van der Waals surface area contributed by atoms with Crippen LogP contribution in [0, 0.1) is 0 Å². The van der Waals surface area contributed by atoms with Crippen molar-refractivity contribution >= 4 is 22.7 Å². The molecule has 6 heteroatoms. The number of nitrogens with one attached hydrogen (secondary N) is 1. The van der Waals surface area contributed by atoms with Gasteiger partial charge in [0.1, 0.15) is 5.82 Å². The Balaban J connectivity index is 1.35. The van der Waals surface area contributed by atoms with Gasteiger partial charge in [0.05, 0.1) is 11.6 Å². The predicted molar refractivity (Wildman–Crippen MR) is 143 cm³/mol. The summed E-state index contributed by atoms with van der Waals surface area (Å²) in [6.45, 7) is 5.21. The summed E-state index contributed by atoms with van der Waals surface area (Å²) >= 11 is 0. The Labute approximate surface area is 207 Å². The maximum atomic E-state index is 5.19. The van der Waals surface area contributed by atoms with E-state index < -0.39 is 0 Å². The van der Waals surface area contributed by atoms with Crippen LogP contribution in [-0.2, 0) is 4.74 Å². The Morgan fingerprint density at radius 3 is 2.09 bits per heavy atom. The largest absolute Gasteiger partial charge is 0.385 e. The monoisotopic (exact) mass is 467 g/mol. The number of methoxy groups -OCH3 is 1. The van der Waals surface area contributed by atoms with E-state index in [2.05, 4.69) is 87.9 Å². The Hall–Kier alpha value is -3.48. The molecule has 180 valence electrons. The third kappa shape index (κ3) is 5.45. The van der Waals surface area contributed by atoms with Gasteiger partial charge in [-0.25, -0.2) is 4.98 Å². The van der Waals surface area contributed by atoms with Gasteiger partial charge in [0.25, 0.3) is 0 Å². The van der Waals surface area contributed by atoms with Crippen LogP contribution in [0.4, 0.5) is 11.8 Å². The van der Waals surface area contributed by atoms with Gasteiger partial charge in [0.15, 0.2) is 0 Å². The number of aromatic nitrogens is 2. The summed E-state index contributed by atoms with van der Waals surface area (Å²) in [4.78, 5) is 14.8. The molecule has 1 N–H and O–H groups in total. The van der Waals surface area contributed by atoms with Gasteiger partial charge in [-0.3, -0.25) is 4.90 Å². The Bertz CT molecular complexity index is 1170. The quantitative estimate of drug-likeness (QED) is 0.350. The van der Waals surface area contributed by atoms with Crippen LogP contribution in [0.5, 0.6) is 0 Å². The van der Waals surface area contributed by atoms with E-state index in [9.17, 15) is 0 Å². The van der Waals surface area contributed by atoms with Gasteiger partial charge in [-0.05, 0) is 29.7 Å². The minimum Gasteiger partial charge on any atom is -0.385 e. The van der Waals surface area contributed by atoms with Gasteiger partial charge in [-0.2, -0.15) is 4.98 Å². The van der Waals surface area contributed by atoms with Crippen LogP contribution in [0.1, 0.15) is 23.6 Å². The van der Waals surface area contributed by atoms with Crippen molar-refractivity contribution in [2.24, 2.45) is 0 Å². The molecule has 0 saturated carbocycles. The van der Waals surface area contributed by atoms with Gasteiger partial charge in [-0.1, -0.05) is 72.8 Å². The van der Waals surface area contributed by atoms with E-state index in [1.54, 1.807) is 7.11 Å². The van der Waals surface area contributed by atoms with Crippen molar-refractivity contribution in [1.29, 1.82) is 0 Å². The number of nitrogens with zero attached hydrogens (tertiary/aromatic N) is 4. The zero-order chi connectivity index (χ0) is 23.9. The number of para-hydroxylation sites is 1. The summed E-state index contributed by atoms with van der Waals surface area (Å²) in [6, 6.07) is 30.1. The third-order valence-corrected chi connectivity index (χ3v) is 6.60. The lowest BCUT2D eigenvalue weighted by Crippen LogP contribution is -2.48. The summed E-state index contributed by atoms with van der Waals surface area (Å²) in [5.41, 5.74) is 3.63. The Kier molecular flexibility index (Phi) is 7.51. The van der Waals surface area contributed by atoms with E-state index in [4.69, 9.17) is 14.7 Å². The fourth-order valence-electron chi connectivity index (χ4n) is 4.83. The lowest BCUT2D eigenvalue weighted by atomic mass is 9.96. The average Bonchev–Trinajstić information content (AvgIpc) is 2.93. The highest BCUT2D eigenvalue weighted by molar-refractivity contribution is 5.90. The summed E-state index contributed by atoms with van der Waals surface area (Å²) in [5.74, 6) is 1.70. The molecule has 6 nitrogen and oxygen atoms in total. The molecule has 5 rings (SSSR count). The van der Waals surface area contributed by atoms with Crippen LogP contribution in [0.2, 0.25) is 0 Å². The first-order valence-electron chi connectivity index (χ1n) is 12.4. The van der Waals surface area contributed by atoms with Gasteiger partial charge in [0, 0.05) is 51.8 Å². The molecule has 0 amide bonds. The molecular weight excluding hydrogens is 434 g/mol. The fourth-order valence-corrected chi connectivity index (χ4v) is 4.83. The van der Waals surface area contributed by atoms with E-state index in [0.29, 0.717) is 0 Å². The lowest BCUT2D eigenvalue weighted by Gasteiger charge is -2.40. The molecule has 0 spiro atoms. The van der Waals surface area contributed by atoms with Crippen molar-refractivity contribution in [3.8, 4) is 0 Å². The van der Waals surface area contributed by atoms with Gasteiger partial charge in [0.2, 0.25) is 5.95 Å². The van der Waals surface area contributed by atoms with Crippen molar-refractivity contribution in [3.63, 3.8) is 0 Å². The summed E-state index contributed by atoms with van der Waals surface area (Å²) < 4.78 is 5.19. The number of anilines is 2. The molecule has 0 radical (unpaired) electrons. The normalized spacial score (nSPS) is 14.5. The van der Waals surface area contributed by atoms with E-state index >= 15 is 0 Å². The number of hydrogen-bond donors (Lipinski definition) is 1. The first kappa shape index (κ1) is 23.3. The van der Waals surface area contributed by atoms with Gasteiger partial charge in [-0.15, -0.1) is 0 Å². The van der Waals surface area contributed by atoms with E-state index in [-0.39, 0.29) is 6.04 Å². The molecule has 1 aliphatic rings. The smallest absolute Gasteiger partial charge is 0.227 e. The third-order valence-electron chi connectivity index (χ3n) is 6.60. The van der Waals surface area contributed by atoms with Crippen molar-refractivity contribution in [2.45, 2.75) is 12.5 Å². The SMILES string of the molecule is COCCCNc1nc(N2CCN(C(c3ccccc3)c3ccccc3)CC2)nc2ccccc12. The molecule has 4 aromatic rings. The second-order valence-corrected chi connectivity index (χ2v) is 8.91. The van der Waals surface area contributed by atoms with Crippen LogP contribution in [-0.4, -0.2) is 61.3 Å². The highest BCUT2D eigenvalue weighted by Gasteiger charge is 2.27. The second kappa shape index (κ2) is 11.3. The van der Waals surface area contributed by atoms with Crippen LogP contribution < -0.4 is 10.2 Å².